The van der Waals surface area contributed by atoms with Gasteiger partial charge in [-0.25, -0.2) is 4.79 Å². The molecule has 0 spiro atoms. The standard InChI is InChI=1S/C17H23Cl2N3O3/c1-3-22(9-15(23)24)12-7-11(8-12)21-17(25)20-10(2)13-5-4-6-14(18)16(13)19/h4-6,10-12H,3,7-9H2,1-2H3,(H,23,24)(H2,20,21,25). The Hall–Kier alpha value is -1.50. The molecule has 0 aliphatic heterocycles. The second kappa shape index (κ2) is 8.74. The Morgan fingerprint density at radius 3 is 2.64 bits per heavy atom. The minimum atomic E-state index is -0.830. The highest BCUT2D eigenvalue weighted by atomic mass is 35.5. The molecule has 0 radical (unpaired) electrons. The van der Waals surface area contributed by atoms with E-state index in [0.717, 1.165) is 18.4 Å². The van der Waals surface area contributed by atoms with Gasteiger partial charge in [0, 0.05) is 12.1 Å². The fourth-order valence-corrected chi connectivity index (χ4v) is 3.50. The third-order valence-corrected chi connectivity index (χ3v) is 5.34. The summed E-state index contributed by atoms with van der Waals surface area (Å²) in [4.78, 5) is 24.9. The van der Waals surface area contributed by atoms with Crippen molar-refractivity contribution in [2.45, 2.75) is 44.8 Å². The van der Waals surface area contributed by atoms with Gasteiger partial charge in [-0.2, -0.15) is 0 Å². The summed E-state index contributed by atoms with van der Waals surface area (Å²) in [6.07, 6.45) is 1.50. The van der Waals surface area contributed by atoms with Crippen molar-refractivity contribution in [3.05, 3.63) is 33.8 Å². The number of carbonyl (C=O) groups is 2. The van der Waals surface area contributed by atoms with E-state index in [-0.39, 0.29) is 30.7 Å². The van der Waals surface area contributed by atoms with Crippen molar-refractivity contribution >= 4 is 35.2 Å². The number of halogens is 2. The van der Waals surface area contributed by atoms with E-state index < -0.39 is 5.97 Å². The number of carboxylic acid groups (broad SMARTS) is 1. The SMILES string of the molecule is CCN(CC(=O)O)C1CC(NC(=O)NC(C)c2cccc(Cl)c2Cl)C1. The highest BCUT2D eigenvalue weighted by molar-refractivity contribution is 6.42. The summed E-state index contributed by atoms with van der Waals surface area (Å²) in [5, 5.41) is 15.6. The maximum absolute atomic E-state index is 12.1. The van der Waals surface area contributed by atoms with Crippen LogP contribution >= 0.6 is 23.2 Å². The number of benzene rings is 1. The van der Waals surface area contributed by atoms with Crippen molar-refractivity contribution in [3.8, 4) is 0 Å². The monoisotopic (exact) mass is 387 g/mol. The van der Waals surface area contributed by atoms with Crippen LogP contribution in [0.4, 0.5) is 4.79 Å². The molecule has 1 aromatic rings. The van der Waals surface area contributed by atoms with Crippen molar-refractivity contribution in [1.82, 2.24) is 15.5 Å². The number of carbonyl (C=O) groups excluding carboxylic acids is 1. The summed E-state index contributed by atoms with van der Waals surface area (Å²) in [7, 11) is 0. The predicted octanol–water partition coefficient (Wildman–Crippen LogP) is 3.29. The average molecular weight is 388 g/mol. The van der Waals surface area contributed by atoms with Gasteiger partial charge in [-0.3, -0.25) is 9.69 Å². The molecular weight excluding hydrogens is 365 g/mol. The number of nitrogens with one attached hydrogen (secondary N) is 2. The van der Waals surface area contributed by atoms with Crippen LogP contribution in [0.1, 0.15) is 38.3 Å². The topological polar surface area (TPSA) is 81.7 Å². The predicted molar refractivity (Wildman–Crippen MR) is 98.2 cm³/mol. The van der Waals surface area contributed by atoms with Gasteiger partial charge in [0.05, 0.1) is 22.6 Å². The van der Waals surface area contributed by atoms with E-state index in [1.54, 1.807) is 12.1 Å². The van der Waals surface area contributed by atoms with E-state index in [1.807, 2.05) is 24.8 Å². The van der Waals surface area contributed by atoms with Crippen LogP contribution in [0.3, 0.4) is 0 Å². The first-order chi connectivity index (χ1) is 11.8. The maximum Gasteiger partial charge on any atom is 0.317 e. The van der Waals surface area contributed by atoms with E-state index in [1.165, 1.54) is 0 Å². The number of rotatable bonds is 7. The fourth-order valence-electron chi connectivity index (χ4n) is 3.03. The maximum atomic E-state index is 12.1. The van der Waals surface area contributed by atoms with Gasteiger partial charge in [0.15, 0.2) is 0 Å². The third-order valence-electron chi connectivity index (χ3n) is 4.50. The largest absolute Gasteiger partial charge is 0.480 e. The van der Waals surface area contributed by atoms with E-state index in [4.69, 9.17) is 28.3 Å². The molecule has 25 heavy (non-hydrogen) atoms. The number of carboxylic acids is 1. The van der Waals surface area contributed by atoms with Crippen LogP contribution in [-0.4, -0.2) is 47.2 Å². The van der Waals surface area contributed by atoms with Crippen LogP contribution in [0.25, 0.3) is 0 Å². The molecular formula is C17H23Cl2N3O3. The van der Waals surface area contributed by atoms with E-state index in [2.05, 4.69) is 10.6 Å². The zero-order chi connectivity index (χ0) is 18.6. The Bertz CT molecular complexity index is 636. The first kappa shape index (κ1) is 19.8. The van der Waals surface area contributed by atoms with Crippen LogP contribution < -0.4 is 10.6 Å². The van der Waals surface area contributed by atoms with Crippen molar-refractivity contribution in [1.29, 1.82) is 0 Å². The van der Waals surface area contributed by atoms with Crippen molar-refractivity contribution in [2.75, 3.05) is 13.1 Å². The molecule has 1 aliphatic rings. The lowest BCUT2D eigenvalue weighted by Crippen LogP contribution is -2.56. The molecule has 1 saturated carbocycles. The van der Waals surface area contributed by atoms with Crippen LogP contribution in [0, 0.1) is 0 Å². The highest BCUT2D eigenvalue weighted by Crippen LogP contribution is 2.30. The molecule has 1 atom stereocenters. The summed E-state index contributed by atoms with van der Waals surface area (Å²) < 4.78 is 0. The summed E-state index contributed by atoms with van der Waals surface area (Å²) in [5.41, 5.74) is 0.759. The molecule has 0 saturated heterocycles. The van der Waals surface area contributed by atoms with Gasteiger partial charge in [0.25, 0.3) is 0 Å². The van der Waals surface area contributed by atoms with Gasteiger partial charge in [0.1, 0.15) is 0 Å². The quantitative estimate of drug-likeness (QED) is 0.670. The van der Waals surface area contributed by atoms with Crippen LogP contribution in [0.2, 0.25) is 10.0 Å². The summed E-state index contributed by atoms with van der Waals surface area (Å²) in [6, 6.07) is 5.02. The van der Waals surface area contributed by atoms with Gasteiger partial charge in [-0.05, 0) is 37.9 Å². The number of amides is 2. The fraction of sp³-hybridized carbons (Fsp3) is 0.529. The molecule has 2 amide bonds. The number of hydrogen-bond acceptors (Lipinski definition) is 3. The Morgan fingerprint density at radius 1 is 1.36 bits per heavy atom. The van der Waals surface area contributed by atoms with Gasteiger partial charge >= 0.3 is 12.0 Å². The number of urea groups is 1. The van der Waals surface area contributed by atoms with Gasteiger partial charge in [-0.15, -0.1) is 0 Å². The summed E-state index contributed by atoms with van der Waals surface area (Å²) in [5.74, 6) is -0.830. The molecule has 0 heterocycles. The van der Waals surface area contributed by atoms with Crippen LogP contribution in [-0.2, 0) is 4.79 Å². The number of aliphatic carboxylic acids is 1. The van der Waals surface area contributed by atoms with Crippen LogP contribution in [0.15, 0.2) is 18.2 Å². The zero-order valence-electron chi connectivity index (χ0n) is 14.3. The van der Waals surface area contributed by atoms with Crippen molar-refractivity contribution in [3.63, 3.8) is 0 Å². The second-order valence-corrected chi connectivity index (χ2v) is 7.05. The molecule has 138 valence electrons. The minimum Gasteiger partial charge on any atom is -0.480 e. The molecule has 1 aliphatic carbocycles. The second-order valence-electron chi connectivity index (χ2n) is 6.26. The Morgan fingerprint density at radius 2 is 2.04 bits per heavy atom. The average Bonchev–Trinajstić information content (AvgIpc) is 2.50. The zero-order valence-corrected chi connectivity index (χ0v) is 15.8. The lowest BCUT2D eigenvalue weighted by atomic mass is 9.85. The first-order valence-corrected chi connectivity index (χ1v) is 9.04. The molecule has 3 N–H and O–H groups in total. The molecule has 6 nitrogen and oxygen atoms in total. The third kappa shape index (κ3) is 5.23. The Labute approximate surface area is 157 Å². The highest BCUT2D eigenvalue weighted by Gasteiger charge is 2.34. The van der Waals surface area contributed by atoms with Gasteiger partial charge < -0.3 is 15.7 Å². The molecule has 0 bridgehead atoms. The summed E-state index contributed by atoms with van der Waals surface area (Å²) >= 11 is 12.2. The smallest absolute Gasteiger partial charge is 0.317 e. The molecule has 1 fully saturated rings. The lowest BCUT2D eigenvalue weighted by Gasteiger charge is -2.42. The first-order valence-electron chi connectivity index (χ1n) is 8.28. The van der Waals surface area contributed by atoms with E-state index in [9.17, 15) is 9.59 Å². The molecule has 0 aromatic heterocycles. The molecule has 8 heteroatoms. The Kier molecular flexibility index (Phi) is 6.93. The molecule has 1 unspecified atom stereocenters. The van der Waals surface area contributed by atoms with Crippen molar-refractivity contribution in [2.24, 2.45) is 0 Å². The molecule has 2 rings (SSSR count). The number of likely N-dealkylation sites (N-methyl/N-ethyl adjacent to an activating group) is 1. The van der Waals surface area contributed by atoms with E-state index >= 15 is 0 Å². The summed E-state index contributed by atoms with van der Waals surface area (Å²) in [6.45, 7) is 4.49. The van der Waals surface area contributed by atoms with Gasteiger partial charge in [-0.1, -0.05) is 42.3 Å². The normalized spacial score (nSPS) is 20.7. The lowest BCUT2D eigenvalue weighted by molar-refractivity contribution is -0.139. The van der Waals surface area contributed by atoms with Crippen LogP contribution in [0.5, 0.6) is 0 Å². The van der Waals surface area contributed by atoms with E-state index in [0.29, 0.717) is 16.6 Å². The minimum absolute atomic E-state index is 0.0321. The van der Waals surface area contributed by atoms with Crippen molar-refractivity contribution < 1.29 is 14.7 Å². The van der Waals surface area contributed by atoms with Gasteiger partial charge in [0.2, 0.25) is 0 Å². The number of nitrogens with zero attached hydrogens (tertiary/aromatic N) is 1. The Balaban J connectivity index is 1.80. The number of hydrogen-bond donors (Lipinski definition) is 3. The molecule has 1 aromatic carbocycles.